The van der Waals surface area contributed by atoms with Crippen molar-refractivity contribution >= 4 is 23.9 Å². The Balaban J connectivity index is 4.00. The monoisotopic (exact) mass is 292 g/mol. The van der Waals surface area contributed by atoms with E-state index in [1.165, 1.54) is 0 Å². The van der Waals surface area contributed by atoms with E-state index >= 15 is 0 Å². The van der Waals surface area contributed by atoms with Gasteiger partial charge in [-0.25, -0.2) is 9.59 Å². The van der Waals surface area contributed by atoms with Gasteiger partial charge in [0.05, 0.1) is 6.42 Å². The molecule has 0 radical (unpaired) electrons. The van der Waals surface area contributed by atoms with E-state index in [1.807, 2.05) is 0 Å². The van der Waals surface area contributed by atoms with Crippen LogP contribution in [0, 0.1) is 0 Å². The van der Waals surface area contributed by atoms with Crippen LogP contribution in [0.15, 0.2) is 0 Å². The van der Waals surface area contributed by atoms with E-state index in [4.69, 9.17) is 20.4 Å². The van der Waals surface area contributed by atoms with Crippen LogP contribution in [-0.2, 0) is 19.2 Å². The Kier molecular flexibility index (Phi) is 7.85. The molecule has 0 aliphatic heterocycles. The van der Waals surface area contributed by atoms with Crippen molar-refractivity contribution < 1.29 is 39.6 Å². The van der Waals surface area contributed by atoms with Crippen molar-refractivity contribution in [2.24, 2.45) is 0 Å². The Morgan fingerprint density at radius 1 is 0.800 bits per heavy atom. The third kappa shape index (κ3) is 7.28. The number of nitrogens with one attached hydrogen (secondary N) is 2. The average Bonchev–Trinajstić information content (AvgIpc) is 2.30. The number of rotatable bonds is 11. The summed E-state index contributed by atoms with van der Waals surface area (Å²) < 4.78 is 0. The lowest BCUT2D eigenvalue weighted by Crippen LogP contribution is -2.45. The van der Waals surface area contributed by atoms with Crippen LogP contribution < -0.4 is 10.6 Å². The van der Waals surface area contributed by atoms with Crippen molar-refractivity contribution in [3.63, 3.8) is 0 Å². The molecule has 1 unspecified atom stereocenters. The summed E-state index contributed by atoms with van der Waals surface area (Å²) >= 11 is 0. The Hall–Kier alpha value is -2.20. The molecule has 0 saturated carbocycles. The molecular weight excluding hydrogens is 276 g/mol. The van der Waals surface area contributed by atoms with Crippen molar-refractivity contribution in [2.45, 2.75) is 24.9 Å². The highest BCUT2D eigenvalue weighted by molar-refractivity contribution is 5.97. The van der Waals surface area contributed by atoms with Gasteiger partial charge in [-0.15, -0.1) is 0 Å². The summed E-state index contributed by atoms with van der Waals surface area (Å²) in [5, 5.41) is 39.0. The van der Waals surface area contributed by atoms with Gasteiger partial charge in [0.2, 0.25) is 6.04 Å². The summed E-state index contributed by atoms with van der Waals surface area (Å²) in [6.07, 6.45) is -0.351. The second-order valence-corrected chi connectivity index (χ2v) is 3.86. The molecule has 0 aliphatic rings. The Morgan fingerprint density at radius 3 is 1.70 bits per heavy atom. The lowest BCUT2D eigenvalue weighted by Gasteiger charge is -2.13. The molecule has 0 saturated heterocycles. The smallest absolute Gasteiger partial charge is 0.332 e. The maximum Gasteiger partial charge on any atom is 0.332 e. The molecule has 1 atom stereocenters. The summed E-state index contributed by atoms with van der Waals surface area (Å²) in [6, 6.07) is -2.98. The first-order valence-corrected chi connectivity index (χ1v) is 5.62. The van der Waals surface area contributed by atoms with Crippen molar-refractivity contribution in [2.75, 3.05) is 13.1 Å². The SMILES string of the molecule is O=C(O)CC(NCCCNC(C(=O)O)C(=O)O)C(=O)O. The van der Waals surface area contributed by atoms with Gasteiger partial charge in [0, 0.05) is 0 Å². The zero-order chi connectivity index (χ0) is 15.7. The molecular formula is C10H16N2O8. The van der Waals surface area contributed by atoms with Crippen molar-refractivity contribution in [1.29, 1.82) is 0 Å². The van der Waals surface area contributed by atoms with E-state index in [2.05, 4.69) is 10.6 Å². The molecule has 0 rings (SSSR count). The first-order chi connectivity index (χ1) is 9.25. The molecule has 0 aromatic carbocycles. The van der Waals surface area contributed by atoms with E-state index in [9.17, 15) is 19.2 Å². The van der Waals surface area contributed by atoms with Gasteiger partial charge in [0.15, 0.2) is 0 Å². The molecule has 0 amide bonds. The average molecular weight is 292 g/mol. The van der Waals surface area contributed by atoms with Crippen molar-refractivity contribution in [3.05, 3.63) is 0 Å². The Bertz CT molecular complexity index is 369. The molecule has 0 aromatic rings. The number of carbonyl (C=O) groups is 4. The summed E-state index contributed by atoms with van der Waals surface area (Å²) in [6.45, 7) is 0.124. The molecule has 10 heteroatoms. The van der Waals surface area contributed by atoms with Gasteiger partial charge in [0.1, 0.15) is 6.04 Å². The molecule has 6 N–H and O–H groups in total. The topological polar surface area (TPSA) is 173 Å². The number of hydrogen-bond donors (Lipinski definition) is 6. The molecule has 0 heterocycles. The highest BCUT2D eigenvalue weighted by Gasteiger charge is 2.24. The van der Waals surface area contributed by atoms with E-state index in [0.29, 0.717) is 0 Å². The maximum absolute atomic E-state index is 10.7. The van der Waals surface area contributed by atoms with Crippen LogP contribution in [0.25, 0.3) is 0 Å². The standard InChI is InChI=1S/C10H16N2O8/c13-6(14)4-5(8(15)16)11-2-1-3-12-7(9(17)18)10(19)20/h5,7,11-12H,1-4H2,(H,13,14)(H,15,16)(H,17,18)(H,19,20). The van der Waals surface area contributed by atoms with E-state index in [0.717, 1.165) is 0 Å². The first-order valence-electron chi connectivity index (χ1n) is 5.62. The first kappa shape index (κ1) is 17.8. The van der Waals surface area contributed by atoms with Crippen molar-refractivity contribution in [3.8, 4) is 0 Å². The van der Waals surface area contributed by atoms with Crippen LogP contribution in [0.5, 0.6) is 0 Å². The Labute approximate surface area is 113 Å². The van der Waals surface area contributed by atoms with Crippen LogP contribution >= 0.6 is 0 Å². The third-order valence-corrected chi connectivity index (χ3v) is 2.26. The summed E-state index contributed by atoms with van der Waals surface area (Å²) in [7, 11) is 0. The largest absolute Gasteiger partial charge is 0.481 e. The van der Waals surface area contributed by atoms with E-state index in [-0.39, 0.29) is 19.5 Å². The zero-order valence-corrected chi connectivity index (χ0v) is 10.4. The number of carboxylic acid groups (broad SMARTS) is 4. The van der Waals surface area contributed by atoms with Gasteiger partial charge in [-0.2, -0.15) is 0 Å². The lowest BCUT2D eigenvalue weighted by atomic mass is 10.2. The van der Waals surface area contributed by atoms with Gasteiger partial charge in [-0.3, -0.25) is 14.9 Å². The second kappa shape index (κ2) is 8.82. The molecule has 10 nitrogen and oxygen atoms in total. The van der Waals surface area contributed by atoms with Crippen LogP contribution in [0.1, 0.15) is 12.8 Å². The zero-order valence-electron chi connectivity index (χ0n) is 10.4. The number of carboxylic acids is 4. The second-order valence-electron chi connectivity index (χ2n) is 3.86. The third-order valence-electron chi connectivity index (χ3n) is 2.26. The van der Waals surface area contributed by atoms with Gasteiger partial charge in [-0.05, 0) is 19.5 Å². The fraction of sp³-hybridized carbons (Fsp3) is 0.600. The quantitative estimate of drug-likeness (QED) is 0.185. The van der Waals surface area contributed by atoms with E-state index in [1.54, 1.807) is 0 Å². The van der Waals surface area contributed by atoms with Gasteiger partial charge >= 0.3 is 23.9 Å². The fourth-order valence-corrected chi connectivity index (χ4v) is 1.31. The van der Waals surface area contributed by atoms with Gasteiger partial charge < -0.3 is 25.7 Å². The summed E-state index contributed by atoms with van der Waals surface area (Å²) in [5.41, 5.74) is 0. The summed E-state index contributed by atoms with van der Waals surface area (Å²) in [5.74, 6) is -5.63. The van der Waals surface area contributed by atoms with E-state index < -0.39 is 42.4 Å². The predicted octanol–water partition coefficient (Wildman–Crippen LogP) is -1.98. The number of aliphatic carboxylic acids is 4. The number of hydrogen-bond acceptors (Lipinski definition) is 6. The minimum absolute atomic E-state index is 0.0235. The van der Waals surface area contributed by atoms with Gasteiger partial charge in [-0.1, -0.05) is 0 Å². The molecule has 0 fully saturated rings. The minimum atomic E-state index is -1.73. The Morgan fingerprint density at radius 2 is 1.30 bits per heavy atom. The lowest BCUT2D eigenvalue weighted by molar-refractivity contribution is -0.151. The minimum Gasteiger partial charge on any atom is -0.481 e. The highest BCUT2D eigenvalue weighted by Crippen LogP contribution is 1.93. The molecule has 20 heavy (non-hydrogen) atoms. The highest BCUT2D eigenvalue weighted by atomic mass is 16.4. The maximum atomic E-state index is 10.7. The summed E-state index contributed by atoms with van der Waals surface area (Å²) in [4.78, 5) is 42.1. The van der Waals surface area contributed by atoms with Crippen molar-refractivity contribution in [1.82, 2.24) is 10.6 Å². The molecule has 0 aromatic heterocycles. The molecule has 0 aliphatic carbocycles. The molecule has 0 bridgehead atoms. The fourth-order valence-electron chi connectivity index (χ4n) is 1.31. The molecule has 0 spiro atoms. The molecule has 114 valence electrons. The van der Waals surface area contributed by atoms with Crippen LogP contribution in [-0.4, -0.2) is 69.5 Å². The van der Waals surface area contributed by atoms with Crippen LogP contribution in [0.4, 0.5) is 0 Å². The van der Waals surface area contributed by atoms with Crippen LogP contribution in [0.3, 0.4) is 0 Å². The predicted molar refractivity (Wildman–Crippen MR) is 63.4 cm³/mol. The van der Waals surface area contributed by atoms with Gasteiger partial charge in [0.25, 0.3) is 0 Å². The normalized spacial score (nSPS) is 12.1. The van der Waals surface area contributed by atoms with Crippen LogP contribution in [0.2, 0.25) is 0 Å².